The van der Waals surface area contributed by atoms with Gasteiger partial charge in [-0.3, -0.25) is 4.79 Å². The van der Waals surface area contributed by atoms with E-state index < -0.39 is 5.97 Å². The predicted molar refractivity (Wildman–Crippen MR) is 69.6 cm³/mol. The summed E-state index contributed by atoms with van der Waals surface area (Å²) in [7, 11) is 1.91. The molecule has 1 fully saturated rings. The molecule has 1 heterocycles. The maximum absolute atomic E-state index is 10.5. The molecule has 6 heteroatoms. The number of aromatic nitrogens is 3. The average Bonchev–Trinajstić information content (AvgIpc) is 2.94. The van der Waals surface area contributed by atoms with E-state index in [1.165, 1.54) is 43.9 Å². The zero-order valence-electron chi connectivity index (χ0n) is 10.6. The van der Waals surface area contributed by atoms with Crippen LogP contribution in [0, 0.1) is 5.92 Å². The molecule has 1 saturated carbocycles. The lowest BCUT2D eigenvalue weighted by molar-refractivity contribution is -0.133. The summed E-state index contributed by atoms with van der Waals surface area (Å²) in [5, 5.41) is 17.5. The van der Waals surface area contributed by atoms with Gasteiger partial charge in [0.2, 0.25) is 0 Å². The molecular formula is C12H19N3O2S. The van der Waals surface area contributed by atoms with Crippen LogP contribution in [0.2, 0.25) is 0 Å². The summed E-state index contributed by atoms with van der Waals surface area (Å²) in [5.41, 5.74) is 0. The van der Waals surface area contributed by atoms with Crippen LogP contribution in [0.15, 0.2) is 5.16 Å². The molecule has 0 aliphatic heterocycles. The molecule has 0 saturated heterocycles. The Hall–Kier alpha value is -1.04. The van der Waals surface area contributed by atoms with Gasteiger partial charge in [-0.05, 0) is 12.3 Å². The first kappa shape index (κ1) is 13.4. The molecule has 1 aromatic rings. The van der Waals surface area contributed by atoms with E-state index in [-0.39, 0.29) is 5.75 Å². The highest BCUT2D eigenvalue weighted by atomic mass is 32.2. The van der Waals surface area contributed by atoms with E-state index in [2.05, 4.69) is 10.2 Å². The van der Waals surface area contributed by atoms with Crippen molar-refractivity contribution in [3.05, 3.63) is 5.82 Å². The molecule has 100 valence electrons. The molecule has 0 unspecified atom stereocenters. The van der Waals surface area contributed by atoms with E-state index in [0.29, 0.717) is 5.16 Å². The van der Waals surface area contributed by atoms with Gasteiger partial charge in [-0.1, -0.05) is 37.4 Å². The summed E-state index contributed by atoms with van der Waals surface area (Å²) in [6.07, 6.45) is 7.54. The van der Waals surface area contributed by atoms with Gasteiger partial charge in [0.15, 0.2) is 5.16 Å². The summed E-state index contributed by atoms with van der Waals surface area (Å²) in [4.78, 5) is 10.5. The standard InChI is InChI=1S/C12H19N3O2S/c1-15-10(7-6-9-4-2-3-5-9)13-14-12(15)18-8-11(16)17/h9H,2-8H2,1H3,(H,16,17). The smallest absolute Gasteiger partial charge is 0.313 e. The number of rotatable bonds is 6. The van der Waals surface area contributed by atoms with Gasteiger partial charge >= 0.3 is 5.97 Å². The molecule has 1 aromatic heterocycles. The Labute approximate surface area is 111 Å². The maximum Gasteiger partial charge on any atom is 0.313 e. The van der Waals surface area contributed by atoms with Gasteiger partial charge < -0.3 is 9.67 Å². The zero-order chi connectivity index (χ0) is 13.0. The van der Waals surface area contributed by atoms with Gasteiger partial charge in [0.25, 0.3) is 0 Å². The first-order chi connectivity index (χ1) is 8.66. The van der Waals surface area contributed by atoms with Gasteiger partial charge in [0.1, 0.15) is 5.82 Å². The zero-order valence-corrected chi connectivity index (χ0v) is 11.4. The fraction of sp³-hybridized carbons (Fsp3) is 0.750. The highest BCUT2D eigenvalue weighted by Crippen LogP contribution is 2.28. The summed E-state index contributed by atoms with van der Waals surface area (Å²) < 4.78 is 1.92. The maximum atomic E-state index is 10.5. The Morgan fingerprint density at radius 2 is 2.17 bits per heavy atom. The van der Waals surface area contributed by atoms with E-state index in [0.717, 1.165) is 18.2 Å². The number of hydrogen-bond acceptors (Lipinski definition) is 4. The Kier molecular flexibility index (Phi) is 4.63. The molecule has 1 aliphatic rings. The van der Waals surface area contributed by atoms with E-state index in [9.17, 15) is 4.79 Å². The van der Waals surface area contributed by atoms with Gasteiger partial charge in [-0.15, -0.1) is 10.2 Å². The van der Waals surface area contributed by atoms with Crippen molar-refractivity contribution in [1.29, 1.82) is 0 Å². The predicted octanol–water partition coefficient (Wildman–Crippen LogP) is 2.11. The second-order valence-corrected chi connectivity index (χ2v) is 5.77. The van der Waals surface area contributed by atoms with Crippen molar-refractivity contribution in [3.63, 3.8) is 0 Å². The molecule has 0 aromatic carbocycles. The van der Waals surface area contributed by atoms with Crippen molar-refractivity contribution in [2.45, 2.75) is 43.7 Å². The van der Waals surface area contributed by atoms with Crippen LogP contribution in [0.5, 0.6) is 0 Å². The van der Waals surface area contributed by atoms with Gasteiger partial charge in [0.05, 0.1) is 5.75 Å². The number of aryl methyl sites for hydroxylation is 1. The first-order valence-electron chi connectivity index (χ1n) is 6.39. The quantitative estimate of drug-likeness (QED) is 0.801. The Bertz CT molecular complexity index is 413. The van der Waals surface area contributed by atoms with Gasteiger partial charge in [0, 0.05) is 13.5 Å². The van der Waals surface area contributed by atoms with Crippen molar-refractivity contribution in [1.82, 2.24) is 14.8 Å². The molecule has 1 N–H and O–H groups in total. The van der Waals surface area contributed by atoms with Crippen molar-refractivity contribution < 1.29 is 9.90 Å². The SMILES string of the molecule is Cn1c(CCC2CCCC2)nnc1SCC(=O)O. The van der Waals surface area contributed by atoms with Crippen molar-refractivity contribution in [2.75, 3.05) is 5.75 Å². The molecule has 2 rings (SSSR count). The monoisotopic (exact) mass is 269 g/mol. The lowest BCUT2D eigenvalue weighted by Gasteiger charge is -2.08. The summed E-state index contributed by atoms with van der Waals surface area (Å²) in [6.45, 7) is 0. The van der Waals surface area contributed by atoms with Crippen LogP contribution in [0.3, 0.4) is 0 Å². The normalized spacial score (nSPS) is 16.3. The third-order valence-corrected chi connectivity index (χ3v) is 4.51. The fourth-order valence-corrected chi connectivity index (χ4v) is 3.10. The number of hydrogen-bond donors (Lipinski definition) is 1. The van der Waals surface area contributed by atoms with Crippen LogP contribution in [0.1, 0.15) is 37.9 Å². The Morgan fingerprint density at radius 3 is 2.83 bits per heavy atom. The summed E-state index contributed by atoms with van der Waals surface area (Å²) >= 11 is 1.22. The van der Waals surface area contributed by atoms with E-state index >= 15 is 0 Å². The number of aliphatic carboxylic acids is 1. The lowest BCUT2D eigenvalue weighted by atomic mass is 10.0. The van der Waals surface area contributed by atoms with Crippen molar-refractivity contribution >= 4 is 17.7 Å². The third-order valence-electron chi connectivity index (χ3n) is 3.50. The van der Waals surface area contributed by atoms with Gasteiger partial charge in [-0.2, -0.15) is 0 Å². The minimum Gasteiger partial charge on any atom is -0.481 e. The molecule has 0 amide bonds. The second kappa shape index (κ2) is 6.22. The van der Waals surface area contributed by atoms with Crippen molar-refractivity contribution in [3.8, 4) is 0 Å². The molecule has 18 heavy (non-hydrogen) atoms. The minimum absolute atomic E-state index is 0.0363. The van der Waals surface area contributed by atoms with Crippen LogP contribution in [0.25, 0.3) is 0 Å². The molecule has 0 radical (unpaired) electrons. The molecular weight excluding hydrogens is 250 g/mol. The van der Waals surface area contributed by atoms with Crippen LogP contribution in [0.4, 0.5) is 0 Å². The summed E-state index contributed by atoms with van der Waals surface area (Å²) in [6, 6.07) is 0. The van der Waals surface area contributed by atoms with Crippen molar-refractivity contribution in [2.24, 2.45) is 13.0 Å². The topological polar surface area (TPSA) is 68.0 Å². The van der Waals surface area contributed by atoms with Crippen LogP contribution in [-0.4, -0.2) is 31.6 Å². The van der Waals surface area contributed by atoms with E-state index in [1.54, 1.807) is 0 Å². The Balaban J connectivity index is 1.86. The molecule has 1 aliphatic carbocycles. The highest BCUT2D eigenvalue weighted by Gasteiger charge is 2.17. The molecule has 0 atom stereocenters. The van der Waals surface area contributed by atoms with Gasteiger partial charge in [-0.25, -0.2) is 0 Å². The van der Waals surface area contributed by atoms with Crippen LogP contribution >= 0.6 is 11.8 Å². The minimum atomic E-state index is -0.824. The molecule has 5 nitrogen and oxygen atoms in total. The number of carboxylic acids is 1. The number of thioether (sulfide) groups is 1. The second-order valence-electron chi connectivity index (χ2n) is 4.83. The number of carboxylic acid groups (broad SMARTS) is 1. The molecule has 0 spiro atoms. The molecule has 0 bridgehead atoms. The Morgan fingerprint density at radius 1 is 1.44 bits per heavy atom. The highest BCUT2D eigenvalue weighted by molar-refractivity contribution is 7.99. The van der Waals surface area contributed by atoms with E-state index in [1.807, 2.05) is 11.6 Å². The largest absolute Gasteiger partial charge is 0.481 e. The van der Waals surface area contributed by atoms with Crippen LogP contribution in [-0.2, 0) is 18.3 Å². The number of carbonyl (C=O) groups is 1. The third kappa shape index (κ3) is 3.48. The number of nitrogens with zero attached hydrogens (tertiary/aromatic N) is 3. The summed E-state index contributed by atoms with van der Waals surface area (Å²) in [5.74, 6) is 1.02. The van der Waals surface area contributed by atoms with E-state index in [4.69, 9.17) is 5.11 Å². The van der Waals surface area contributed by atoms with Crippen LogP contribution < -0.4 is 0 Å². The fourth-order valence-electron chi connectivity index (χ4n) is 2.45. The first-order valence-corrected chi connectivity index (χ1v) is 7.38. The lowest BCUT2D eigenvalue weighted by Crippen LogP contribution is -2.04. The average molecular weight is 269 g/mol.